The zero-order valence-electron chi connectivity index (χ0n) is 9.91. The quantitative estimate of drug-likeness (QED) is 0.873. The number of halogens is 1. The molecule has 3 heteroatoms. The molecule has 0 aromatic heterocycles. The Kier molecular flexibility index (Phi) is 5.46. The molecule has 3 N–H and O–H groups in total. The van der Waals surface area contributed by atoms with Gasteiger partial charge in [-0.1, -0.05) is 35.3 Å². The smallest absolute Gasteiger partial charge is 0.0830 e. The average Bonchev–Trinajstić information content (AvgIpc) is 2.23. The second-order valence-corrected chi connectivity index (χ2v) is 5.21. The highest BCUT2D eigenvalue weighted by Crippen LogP contribution is 2.28. The summed E-state index contributed by atoms with van der Waals surface area (Å²) in [4.78, 5) is 0. The van der Waals surface area contributed by atoms with Crippen LogP contribution >= 0.6 is 15.9 Å². The minimum absolute atomic E-state index is 0.152. The van der Waals surface area contributed by atoms with Crippen molar-refractivity contribution in [1.82, 2.24) is 0 Å². The number of nitrogens with two attached hydrogens (primary N) is 1. The van der Waals surface area contributed by atoms with Gasteiger partial charge >= 0.3 is 0 Å². The fourth-order valence-corrected chi connectivity index (χ4v) is 2.61. The Morgan fingerprint density at radius 2 is 2.06 bits per heavy atom. The lowest BCUT2D eigenvalue weighted by atomic mass is 9.91. The molecule has 0 saturated heterocycles. The summed E-state index contributed by atoms with van der Waals surface area (Å²) in [5, 5.41) is 10.3. The van der Waals surface area contributed by atoms with Gasteiger partial charge in [0, 0.05) is 10.4 Å². The van der Waals surface area contributed by atoms with Crippen molar-refractivity contribution < 1.29 is 5.11 Å². The second kappa shape index (κ2) is 6.38. The zero-order chi connectivity index (χ0) is 12.1. The molecule has 0 bridgehead atoms. The maximum Gasteiger partial charge on any atom is 0.0830 e. The van der Waals surface area contributed by atoms with Crippen LogP contribution in [0.1, 0.15) is 37.0 Å². The minimum Gasteiger partial charge on any atom is -0.388 e. The number of aryl methyl sites for hydroxylation is 1. The lowest BCUT2D eigenvalue weighted by molar-refractivity contribution is 0.106. The molecule has 1 aromatic rings. The van der Waals surface area contributed by atoms with E-state index in [-0.39, 0.29) is 5.92 Å². The van der Waals surface area contributed by atoms with Gasteiger partial charge in [-0.2, -0.15) is 0 Å². The summed E-state index contributed by atoms with van der Waals surface area (Å²) >= 11 is 3.45. The van der Waals surface area contributed by atoms with E-state index in [1.54, 1.807) is 0 Å². The van der Waals surface area contributed by atoms with E-state index in [2.05, 4.69) is 22.9 Å². The minimum atomic E-state index is -0.457. The Hall–Kier alpha value is -0.380. The molecule has 16 heavy (non-hydrogen) atoms. The van der Waals surface area contributed by atoms with Crippen molar-refractivity contribution in [2.75, 3.05) is 6.54 Å². The second-order valence-electron chi connectivity index (χ2n) is 4.29. The Labute approximate surface area is 106 Å². The molecule has 2 nitrogen and oxygen atoms in total. The molecule has 2 unspecified atom stereocenters. The van der Waals surface area contributed by atoms with Crippen LogP contribution in [0, 0.1) is 12.8 Å². The van der Waals surface area contributed by atoms with Gasteiger partial charge in [-0.05, 0) is 43.1 Å². The van der Waals surface area contributed by atoms with Gasteiger partial charge in [0.05, 0.1) is 6.10 Å². The Balaban J connectivity index is 2.89. The third kappa shape index (κ3) is 3.58. The molecule has 1 aromatic carbocycles. The summed E-state index contributed by atoms with van der Waals surface area (Å²) in [5.41, 5.74) is 7.80. The van der Waals surface area contributed by atoms with Gasteiger partial charge in [0.1, 0.15) is 0 Å². The molecular formula is C13H20BrNO. The summed E-state index contributed by atoms with van der Waals surface area (Å²) in [6.07, 6.45) is 1.55. The van der Waals surface area contributed by atoms with Crippen LogP contribution in [-0.4, -0.2) is 11.7 Å². The van der Waals surface area contributed by atoms with Gasteiger partial charge < -0.3 is 10.8 Å². The van der Waals surface area contributed by atoms with Crippen LogP contribution in [0.4, 0.5) is 0 Å². The van der Waals surface area contributed by atoms with Crippen LogP contribution in [0.15, 0.2) is 22.7 Å². The molecule has 0 radical (unpaired) electrons. The molecule has 0 aliphatic rings. The molecule has 1 rings (SSSR count). The van der Waals surface area contributed by atoms with Crippen molar-refractivity contribution >= 4 is 15.9 Å². The standard InChI is InChI=1S/C13H20BrNO/c1-3-4-10(8-15)13(16)11-5-9(2)6-12(14)7-11/h5-7,10,13,16H,3-4,8,15H2,1-2H3. The Bertz CT molecular complexity index is 320. The number of rotatable bonds is 5. The van der Waals surface area contributed by atoms with E-state index in [4.69, 9.17) is 5.73 Å². The predicted molar refractivity (Wildman–Crippen MR) is 71.3 cm³/mol. The third-order valence-corrected chi connectivity index (χ3v) is 3.27. The lowest BCUT2D eigenvalue weighted by Crippen LogP contribution is -2.22. The Morgan fingerprint density at radius 1 is 1.38 bits per heavy atom. The predicted octanol–water partition coefficient (Wildman–Crippen LogP) is 3.17. The van der Waals surface area contributed by atoms with Crippen LogP contribution < -0.4 is 5.73 Å². The van der Waals surface area contributed by atoms with Crippen molar-refractivity contribution in [2.45, 2.75) is 32.8 Å². The molecule has 0 spiro atoms. The normalized spacial score (nSPS) is 14.8. The summed E-state index contributed by atoms with van der Waals surface area (Å²) in [6, 6.07) is 6.03. The van der Waals surface area contributed by atoms with Gasteiger partial charge in [0.15, 0.2) is 0 Å². The van der Waals surface area contributed by atoms with Crippen LogP contribution in [-0.2, 0) is 0 Å². The molecule has 2 atom stereocenters. The van der Waals surface area contributed by atoms with Gasteiger partial charge in [-0.25, -0.2) is 0 Å². The highest BCUT2D eigenvalue weighted by Gasteiger charge is 2.19. The summed E-state index contributed by atoms with van der Waals surface area (Å²) in [5.74, 6) is 0.152. The van der Waals surface area contributed by atoms with Gasteiger partial charge in [-0.15, -0.1) is 0 Å². The van der Waals surface area contributed by atoms with Crippen molar-refractivity contribution in [1.29, 1.82) is 0 Å². The van der Waals surface area contributed by atoms with E-state index in [9.17, 15) is 5.11 Å². The Morgan fingerprint density at radius 3 is 2.56 bits per heavy atom. The molecule has 0 amide bonds. The number of benzene rings is 1. The van der Waals surface area contributed by atoms with Crippen molar-refractivity contribution in [3.05, 3.63) is 33.8 Å². The first-order valence-corrected chi connectivity index (χ1v) is 6.53. The summed E-state index contributed by atoms with van der Waals surface area (Å²) < 4.78 is 1.01. The average molecular weight is 286 g/mol. The maximum atomic E-state index is 10.3. The van der Waals surface area contributed by atoms with E-state index in [1.807, 2.05) is 25.1 Å². The monoisotopic (exact) mass is 285 g/mol. The van der Waals surface area contributed by atoms with E-state index in [0.29, 0.717) is 6.54 Å². The number of aliphatic hydroxyl groups is 1. The summed E-state index contributed by atoms with van der Waals surface area (Å²) in [7, 11) is 0. The van der Waals surface area contributed by atoms with Gasteiger partial charge in [0.25, 0.3) is 0 Å². The first-order valence-electron chi connectivity index (χ1n) is 5.73. The zero-order valence-corrected chi connectivity index (χ0v) is 11.5. The lowest BCUT2D eigenvalue weighted by Gasteiger charge is -2.21. The van der Waals surface area contributed by atoms with Gasteiger partial charge in [0.2, 0.25) is 0 Å². The topological polar surface area (TPSA) is 46.2 Å². The largest absolute Gasteiger partial charge is 0.388 e. The molecule has 0 fully saturated rings. The van der Waals surface area contributed by atoms with Gasteiger partial charge in [-0.3, -0.25) is 0 Å². The third-order valence-electron chi connectivity index (χ3n) is 2.81. The van der Waals surface area contributed by atoms with E-state index in [1.165, 1.54) is 0 Å². The first-order chi connectivity index (χ1) is 7.58. The van der Waals surface area contributed by atoms with Crippen molar-refractivity contribution in [3.8, 4) is 0 Å². The van der Waals surface area contributed by atoms with Crippen molar-refractivity contribution in [2.24, 2.45) is 11.7 Å². The molecule has 0 saturated carbocycles. The van der Waals surface area contributed by atoms with Crippen LogP contribution in [0.2, 0.25) is 0 Å². The van der Waals surface area contributed by atoms with E-state index < -0.39 is 6.10 Å². The number of hydrogen-bond acceptors (Lipinski definition) is 2. The highest BCUT2D eigenvalue weighted by atomic mass is 79.9. The fourth-order valence-electron chi connectivity index (χ4n) is 1.98. The molecular weight excluding hydrogens is 266 g/mol. The van der Waals surface area contributed by atoms with E-state index >= 15 is 0 Å². The van der Waals surface area contributed by atoms with E-state index in [0.717, 1.165) is 28.4 Å². The number of aliphatic hydroxyl groups excluding tert-OH is 1. The summed E-state index contributed by atoms with van der Waals surface area (Å²) in [6.45, 7) is 4.67. The molecule has 0 aliphatic carbocycles. The van der Waals surface area contributed by atoms with Crippen LogP contribution in [0.3, 0.4) is 0 Å². The fraction of sp³-hybridized carbons (Fsp3) is 0.538. The molecule has 90 valence electrons. The molecule has 0 aliphatic heterocycles. The highest BCUT2D eigenvalue weighted by molar-refractivity contribution is 9.10. The molecule has 0 heterocycles. The maximum absolute atomic E-state index is 10.3. The van der Waals surface area contributed by atoms with Crippen LogP contribution in [0.25, 0.3) is 0 Å². The SMILES string of the molecule is CCCC(CN)C(O)c1cc(C)cc(Br)c1. The van der Waals surface area contributed by atoms with Crippen molar-refractivity contribution in [3.63, 3.8) is 0 Å². The first kappa shape index (κ1) is 13.7. The number of hydrogen-bond donors (Lipinski definition) is 2. The van der Waals surface area contributed by atoms with Crippen LogP contribution in [0.5, 0.6) is 0 Å².